The van der Waals surface area contributed by atoms with E-state index in [9.17, 15) is 5.11 Å². The maximum atomic E-state index is 10.7. The van der Waals surface area contributed by atoms with Crippen molar-refractivity contribution in [1.82, 2.24) is 4.90 Å². The molecule has 3 unspecified atom stereocenters. The largest absolute Gasteiger partial charge is 0.387 e. The highest BCUT2D eigenvalue weighted by Gasteiger charge is 2.40. The monoisotopic (exact) mass is 245 g/mol. The van der Waals surface area contributed by atoms with Crippen molar-refractivity contribution < 1.29 is 5.11 Å². The van der Waals surface area contributed by atoms with E-state index in [-0.39, 0.29) is 6.10 Å². The molecule has 0 bridgehead atoms. The van der Waals surface area contributed by atoms with Crippen molar-refractivity contribution in [3.8, 4) is 0 Å². The van der Waals surface area contributed by atoms with E-state index >= 15 is 0 Å². The number of hydrogen-bond donors (Lipinski definition) is 1. The number of aliphatic hydroxyl groups is 1. The van der Waals surface area contributed by atoms with Gasteiger partial charge in [0, 0.05) is 12.1 Å². The minimum atomic E-state index is -0.307. The zero-order chi connectivity index (χ0) is 12.7. The Kier molecular flexibility index (Phi) is 3.16. The molecule has 1 fully saturated rings. The van der Waals surface area contributed by atoms with Crippen molar-refractivity contribution in [2.24, 2.45) is 0 Å². The molecule has 3 atom stereocenters. The zero-order valence-electron chi connectivity index (χ0n) is 11.3. The minimum absolute atomic E-state index is 0.307. The molecule has 18 heavy (non-hydrogen) atoms. The van der Waals surface area contributed by atoms with Gasteiger partial charge in [-0.1, -0.05) is 38.1 Å². The molecule has 0 aromatic heterocycles. The second-order valence-electron chi connectivity index (χ2n) is 5.84. The first kappa shape index (κ1) is 12.2. The number of fused-ring (bicyclic) bond motifs is 1. The minimum Gasteiger partial charge on any atom is -0.387 e. The Morgan fingerprint density at radius 3 is 2.50 bits per heavy atom. The standard InChI is InChI=1S/C16H23NO/c1-3-17(12-8-9-12)15-10-11(2)13-6-4-5-7-14(13)16(15)18/h4-7,11-12,15-16,18H,3,8-10H2,1-2H3. The number of nitrogens with zero attached hydrogens (tertiary/aromatic N) is 1. The van der Waals surface area contributed by atoms with Gasteiger partial charge in [-0.15, -0.1) is 0 Å². The van der Waals surface area contributed by atoms with Crippen LogP contribution in [0.3, 0.4) is 0 Å². The third kappa shape index (κ3) is 1.98. The predicted octanol–water partition coefficient (Wildman–Crippen LogP) is 3.08. The summed E-state index contributed by atoms with van der Waals surface area (Å²) in [5.74, 6) is 0.558. The maximum absolute atomic E-state index is 10.7. The Balaban J connectivity index is 1.91. The summed E-state index contributed by atoms with van der Waals surface area (Å²) in [6.45, 7) is 5.57. The normalized spacial score (nSPS) is 31.4. The molecule has 3 rings (SSSR count). The van der Waals surface area contributed by atoms with Gasteiger partial charge >= 0.3 is 0 Å². The van der Waals surface area contributed by atoms with Crippen molar-refractivity contribution in [2.75, 3.05) is 6.54 Å². The lowest BCUT2D eigenvalue weighted by Gasteiger charge is -2.40. The van der Waals surface area contributed by atoms with Crippen LogP contribution in [-0.2, 0) is 0 Å². The second-order valence-corrected chi connectivity index (χ2v) is 5.84. The van der Waals surface area contributed by atoms with Gasteiger partial charge in [0.2, 0.25) is 0 Å². The average Bonchev–Trinajstić information content (AvgIpc) is 3.21. The predicted molar refractivity (Wildman–Crippen MR) is 73.6 cm³/mol. The fourth-order valence-electron chi connectivity index (χ4n) is 3.54. The highest BCUT2D eigenvalue weighted by molar-refractivity contribution is 5.35. The molecule has 0 saturated heterocycles. The molecule has 1 aromatic carbocycles. The van der Waals surface area contributed by atoms with E-state index in [1.165, 1.54) is 18.4 Å². The number of benzene rings is 1. The van der Waals surface area contributed by atoms with Crippen LogP contribution in [0.25, 0.3) is 0 Å². The molecule has 98 valence electrons. The highest BCUT2D eigenvalue weighted by Crippen LogP contribution is 2.42. The van der Waals surface area contributed by atoms with Crippen LogP contribution >= 0.6 is 0 Å². The third-order valence-electron chi connectivity index (χ3n) is 4.61. The van der Waals surface area contributed by atoms with Crippen molar-refractivity contribution in [2.45, 2.75) is 57.2 Å². The molecule has 2 nitrogen and oxygen atoms in total. The summed E-state index contributed by atoms with van der Waals surface area (Å²) in [6.07, 6.45) is 3.40. The Morgan fingerprint density at radius 1 is 1.22 bits per heavy atom. The topological polar surface area (TPSA) is 23.5 Å². The third-order valence-corrected chi connectivity index (χ3v) is 4.61. The lowest BCUT2D eigenvalue weighted by Crippen LogP contribution is -2.44. The number of hydrogen-bond acceptors (Lipinski definition) is 2. The van der Waals surface area contributed by atoms with Crippen molar-refractivity contribution in [3.63, 3.8) is 0 Å². The van der Waals surface area contributed by atoms with Crippen LogP contribution < -0.4 is 0 Å². The van der Waals surface area contributed by atoms with E-state index in [0.29, 0.717) is 12.0 Å². The first-order valence-corrected chi connectivity index (χ1v) is 7.25. The smallest absolute Gasteiger partial charge is 0.0948 e. The number of likely N-dealkylation sites (N-methyl/N-ethyl adjacent to an activating group) is 1. The molecular formula is C16H23NO. The van der Waals surface area contributed by atoms with E-state index < -0.39 is 0 Å². The summed E-state index contributed by atoms with van der Waals surface area (Å²) in [5.41, 5.74) is 2.49. The molecule has 0 amide bonds. The summed E-state index contributed by atoms with van der Waals surface area (Å²) in [6, 6.07) is 9.45. The van der Waals surface area contributed by atoms with Crippen LogP contribution in [0.2, 0.25) is 0 Å². The summed E-state index contributed by atoms with van der Waals surface area (Å²) in [7, 11) is 0. The van der Waals surface area contributed by atoms with Gasteiger partial charge in [-0.25, -0.2) is 0 Å². The second kappa shape index (κ2) is 4.67. The Morgan fingerprint density at radius 2 is 1.89 bits per heavy atom. The van der Waals surface area contributed by atoms with Gasteiger partial charge in [0.1, 0.15) is 0 Å². The van der Waals surface area contributed by atoms with Crippen LogP contribution in [-0.4, -0.2) is 28.6 Å². The number of aliphatic hydroxyl groups excluding tert-OH is 1. The molecule has 2 aliphatic rings. The Bertz CT molecular complexity index is 427. The molecule has 2 aliphatic carbocycles. The van der Waals surface area contributed by atoms with E-state index in [4.69, 9.17) is 0 Å². The summed E-state index contributed by atoms with van der Waals surface area (Å²) in [4.78, 5) is 2.52. The molecule has 0 spiro atoms. The van der Waals surface area contributed by atoms with Gasteiger partial charge < -0.3 is 5.11 Å². The lowest BCUT2D eigenvalue weighted by atomic mass is 9.78. The number of rotatable bonds is 3. The van der Waals surface area contributed by atoms with Crippen molar-refractivity contribution in [1.29, 1.82) is 0 Å². The highest BCUT2D eigenvalue weighted by atomic mass is 16.3. The van der Waals surface area contributed by atoms with Crippen molar-refractivity contribution in [3.05, 3.63) is 35.4 Å². The van der Waals surface area contributed by atoms with Gasteiger partial charge in [-0.05, 0) is 42.9 Å². The van der Waals surface area contributed by atoms with Gasteiger partial charge in [-0.3, -0.25) is 4.90 Å². The fourth-order valence-corrected chi connectivity index (χ4v) is 3.54. The SMILES string of the molecule is CCN(C1CC1)C1CC(C)c2ccccc2C1O. The zero-order valence-corrected chi connectivity index (χ0v) is 11.3. The van der Waals surface area contributed by atoms with Crippen LogP contribution in [0.4, 0.5) is 0 Å². The van der Waals surface area contributed by atoms with Crippen LogP contribution in [0.1, 0.15) is 56.3 Å². The fraction of sp³-hybridized carbons (Fsp3) is 0.625. The molecule has 1 saturated carbocycles. The van der Waals surface area contributed by atoms with Gasteiger partial charge in [0.15, 0.2) is 0 Å². The van der Waals surface area contributed by atoms with Crippen LogP contribution in [0.5, 0.6) is 0 Å². The molecular weight excluding hydrogens is 222 g/mol. The molecule has 0 radical (unpaired) electrons. The Hall–Kier alpha value is -0.860. The van der Waals surface area contributed by atoms with E-state index in [2.05, 4.69) is 36.9 Å². The maximum Gasteiger partial charge on any atom is 0.0948 e. The van der Waals surface area contributed by atoms with Crippen LogP contribution in [0, 0.1) is 0 Å². The average molecular weight is 245 g/mol. The van der Waals surface area contributed by atoms with Gasteiger partial charge in [0.25, 0.3) is 0 Å². The van der Waals surface area contributed by atoms with Crippen LogP contribution in [0.15, 0.2) is 24.3 Å². The summed E-state index contributed by atoms with van der Waals surface area (Å²) < 4.78 is 0. The Labute approximate surface area is 110 Å². The lowest BCUT2D eigenvalue weighted by molar-refractivity contribution is 0.0292. The van der Waals surface area contributed by atoms with E-state index in [0.717, 1.165) is 24.6 Å². The molecule has 1 aromatic rings. The van der Waals surface area contributed by atoms with Gasteiger partial charge in [0.05, 0.1) is 6.10 Å². The van der Waals surface area contributed by atoms with Crippen molar-refractivity contribution >= 4 is 0 Å². The first-order chi connectivity index (χ1) is 8.72. The summed E-state index contributed by atoms with van der Waals surface area (Å²) in [5, 5.41) is 10.7. The molecule has 0 heterocycles. The van der Waals surface area contributed by atoms with Gasteiger partial charge in [-0.2, -0.15) is 0 Å². The summed E-state index contributed by atoms with van der Waals surface area (Å²) >= 11 is 0. The van der Waals surface area contributed by atoms with E-state index in [1.54, 1.807) is 0 Å². The molecule has 0 aliphatic heterocycles. The first-order valence-electron chi connectivity index (χ1n) is 7.25. The van der Waals surface area contributed by atoms with E-state index in [1.807, 2.05) is 6.07 Å². The quantitative estimate of drug-likeness (QED) is 0.884. The molecule has 1 N–H and O–H groups in total. The molecule has 2 heteroatoms.